The molecule has 0 spiro atoms. The summed E-state index contributed by atoms with van der Waals surface area (Å²) in [6, 6.07) is 5.59. The number of hydrogen-bond donors (Lipinski definition) is 3. The predicted octanol–water partition coefficient (Wildman–Crippen LogP) is 1.03. The lowest BCUT2D eigenvalue weighted by molar-refractivity contribution is -0.0501. The summed E-state index contributed by atoms with van der Waals surface area (Å²) in [6.45, 7) is -2.69. The van der Waals surface area contributed by atoms with E-state index in [2.05, 4.69) is 4.74 Å². The van der Waals surface area contributed by atoms with Crippen LogP contribution < -0.4 is 10.5 Å². The molecule has 2 unspecified atom stereocenters. The molecule has 0 aliphatic rings. The van der Waals surface area contributed by atoms with Gasteiger partial charge in [-0.2, -0.15) is 8.78 Å². The molecule has 0 aliphatic heterocycles. The Hall–Kier alpha value is -1.24. The van der Waals surface area contributed by atoms with Gasteiger partial charge in [0.05, 0.1) is 6.10 Å². The Morgan fingerprint density at radius 1 is 1.29 bits per heavy atom. The zero-order chi connectivity index (χ0) is 12.8. The highest BCUT2D eigenvalue weighted by Gasteiger charge is 2.18. The molecule has 0 saturated heterocycles. The molecule has 0 amide bonds. The maximum atomic E-state index is 12.0. The van der Waals surface area contributed by atoms with E-state index < -0.39 is 18.8 Å². The lowest BCUT2D eigenvalue weighted by atomic mass is 10.0. The molecule has 2 atom stereocenters. The Bertz CT molecular complexity index is 349. The monoisotopic (exact) mass is 247 g/mol. The van der Waals surface area contributed by atoms with Crippen molar-refractivity contribution in [3.05, 3.63) is 29.8 Å². The molecule has 4 nitrogen and oxygen atoms in total. The van der Waals surface area contributed by atoms with Crippen LogP contribution in [-0.4, -0.2) is 29.5 Å². The highest BCUT2D eigenvalue weighted by molar-refractivity contribution is 5.30. The molecule has 0 fully saturated rings. The number of ether oxygens (including phenoxy) is 1. The predicted molar refractivity (Wildman–Crippen MR) is 57.7 cm³/mol. The van der Waals surface area contributed by atoms with Crippen LogP contribution in [0, 0.1) is 0 Å². The molecule has 1 aromatic carbocycles. The van der Waals surface area contributed by atoms with Crippen LogP contribution in [0.2, 0.25) is 0 Å². The summed E-state index contributed by atoms with van der Waals surface area (Å²) in [5, 5.41) is 19.3. The number of alkyl halides is 2. The summed E-state index contributed by atoms with van der Waals surface area (Å²) in [7, 11) is 0. The molecular weight excluding hydrogens is 232 g/mol. The van der Waals surface area contributed by atoms with Crippen molar-refractivity contribution in [1.82, 2.24) is 0 Å². The lowest BCUT2D eigenvalue weighted by Crippen LogP contribution is -2.21. The molecule has 0 saturated carbocycles. The van der Waals surface area contributed by atoms with Crippen molar-refractivity contribution >= 4 is 0 Å². The topological polar surface area (TPSA) is 75.7 Å². The van der Waals surface area contributed by atoms with Gasteiger partial charge in [0, 0.05) is 0 Å². The van der Waals surface area contributed by atoms with E-state index in [0.29, 0.717) is 5.56 Å². The Morgan fingerprint density at radius 3 is 2.59 bits per heavy atom. The second-order valence-electron chi connectivity index (χ2n) is 3.54. The second-order valence-corrected chi connectivity index (χ2v) is 3.54. The first-order valence-corrected chi connectivity index (χ1v) is 5.15. The van der Waals surface area contributed by atoms with Gasteiger partial charge in [0.2, 0.25) is 0 Å². The molecule has 1 aromatic rings. The fourth-order valence-electron chi connectivity index (χ4n) is 1.43. The van der Waals surface area contributed by atoms with Crippen LogP contribution in [0.4, 0.5) is 8.78 Å². The quantitative estimate of drug-likeness (QED) is 0.701. The summed E-state index contributed by atoms with van der Waals surface area (Å²) < 4.78 is 28.2. The largest absolute Gasteiger partial charge is 0.435 e. The normalized spacial score (nSPS) is 14.7. The maximum Gasteiger partial charge on any atom is 0.387 e. The van der Waals surface area contributed by atoms with Crippen LogP contribution in [0.1, 0.15) is 18.1 Å². The van der Waals surface area contributed by atoms with Gasteiger partial charge in [-0.1, -0.05) is 12.1 Å². The lowest BCUT2D eigenvalue weighted by Gasteiger charge is -2.18. The van der Waals surface area contributed by atoms with Gasteiger partial charge >= 0.3 is 6.61 Å². The summed E-state index contributed by atoms with van der Waals surface area (Å²) in [4.78, 5) is 0. The van der Waals surface area contributed by atoms with Crippen LogP contribution in [0.3, 0.4) is 0 Å². The molecule has 96 valence electrons. The highest BCUT2D eigenvalue weighted by atomic mass is 19.3. The van der Waals surface area contributed by atoms with E-state index >= 15 is 0 Å². The van der Waals surface area contributed by atoms with E-state index in [1.807, 2.05) is 0 Å². The average molecular weight is 247 g/mol. The number of rotatable bonds is 6. The van der Waals surface area contributed by atoms with E-state index in [1.165, 1.54) is 24.3 Å². The number of aliphatic hydroxyl groups is 2. The fraction of sp³-hybridized carbons (Fsp3) is 0.455. The first kappa shape index (κ1) is 13.8. The zero-order valence-electron chi connectivity index (χ0n) is 9.09. The third-order valence-corrected chi connectivity index (χ3v) is 2.25. The van der Waals surface area contributed by atoms with E-state index in [-0.39, 0.29) is 18.7 Å². The van der Waals surface area contributed by atoms with Crippen LogP contribution >= 0.6 is 0 Å². The molecule has 0 aliphatic carbocycles. The van der Waals surface area contributed by atoms with Gasteiger partial charge in [0.25, 0.3) is 0 Å². The summed E-state index contributed by atoms with van der Waals surface area (Å²) in [5.41, 5.74) is 5.56. The third-order valence-electron chi connectivity index (χ3n) is 2.25. The van der Waals surface area contributed by atoms with Crippen LogP contribution in [0.5, 0.6) is 5.75 Å². The molecule has 0 aromatic heterocycles. The highest BCUT2D eigenvalue weighted by Crippen LogP contribution is 2.23. The van der Waals surface area contributed by atoms with Gasteiger partial charge in [-0.3, -0.25) is 0 Å². The minimum absolute atomic E-state index is 0.0588. The molecule has 0 bridgehead atoms. The molecule has 1 rings (SSSR count). The van der Waals surface area contributed by atoms with E-state index in [1.54, 1.807) is 0 Å². The number of halogens is 2. The van der Waals surface area contributed by atoms with Crippen molar-refractivity contribution in [3.8, 4) is 5.75 Å². The van der Waals surface area contributed by atoms with E-state index in [0.717, 1.165) is 0 Å². The third kappa shape index (κ3) is 4.26. The van der Waals surface area contributed by atoms with Crippen molar-refractivity contribution < 1.29 is 23.7 Å². The number of benzene rings is 1. The Kier molecular flexibility index (Phi) is 5.27. The number of aliphatic hydroxyl groups excluding tert-OH is 2. The van der Waals surface area contributed by atoms with Crippen molar-refractivity contribution in [2.24, 2.45) is 5.73 Å². The van der Waals surface area contributed by atoms with Gasteiger partial charge in [-0.05, 0) is 30.7 Å². The molecule has 17 heavy (non-hydrogen) atoms. The van der Waals surface area contributed by atoms with Gasteiger partial charge in [-0.25, -0.2) is 0 Å². The van der Waals surface area contributed by atoms with Gasteiger partial charge in [0.15, 0.2) is 0 Å². The molecule has 6 heteroatoms. The average Bonchev–Trinajstić information content (AvgIpc) is 2.28. The van der Waals surface area contributed by atoms with E-state index in [9.17, 15) is 19.0 Å². The Morgan fingerprint density at radius 2 is 2.00 bits per heavy atom. The van der Waals surface area contributed by atoms with Gasteiger partial charge < -0.3 is 20.7 Å². The minimum Gasteiger partial charge on any atom is -0.435 e. The first-order valence-electron chi connectivity index (χ1n) is 5.15. The number of nitrogens with two attached hydrogens (primary N) is 1. The SMILES string of the molecule is NCCC(O)C(O)c1cccc(OC(F)F)c1. The molecule has 0 heterocycles. The Balaban J connectivity index is 2.76. The van der Waals surface area contributed by atoms with Gasteiger partial charge in [0.1, 0.15) is 11.9 Å². The van der Waals surface area contributed by atoms with Crippen LogP contribution in [0.15, 0.2) is 24.3 Å². The zero-order valence-corrected chi connectivity index (χ0v) is 9.09. The van der Waals surface area contributed by atoms with Crippen molar-refractivity contribution in [1.29, 1.82) is 0 Å². The molecular formula is C11H15F2NO3. The first-order chi connectivity index (χ1) is 8.04. The Labute approximate surface area is 97.6 Å². The summed E-state index contributed by atoms with van der Waals surface area (Å²) >= 11 is 0. The standard InChI is InChI=1S/C11H15F2NO3/c12-11(13)17-8-3-1-2-7(6-8)10(16)9(15)4-5-14/h1-3,6,9-11,15-16H,4-5,14H2. The maximum absolute atomic E-state index is 12.0. The summed E-state index contributed by atoms with van der Waals surface area (Å²) in [6.07, 6.45) is -1.97. The van der Waals surface area contributed by atoms with Crippen molar-refractivity contribution in [2.45, 2.75) is 25.2 Å². The smallest absolute Gasteiger partial charge is 0.387 e. The number of hydrogen-bond acceptors (Lipinski definition) is 4. The fourth-order valence-corrected chi connectivity index (χ4v) is 1.43. The van der Waals surface area contributed by atoms with Crippen molar-refractivity contribution in [2.75, 3.05) is 6.54 Å². The second kappa shape index (κ2) is 6.48. The molecule has 4 N–H and O–H groups in total. The van der Waals surface area contributed by atoms with E-state index in [4.69, 9.17) is 5.73 Å². The van der Waals surface area contributed by atoms with Gasteiger partial charge in [-0.15, -0.1) is 0 Å². The minimum atomic E-state index is -2.92. The van der Waals surface area contributed by atoms with Crippen molar-refractivity contribution in [3.63, 3.8) is 0 Å². The van der Waals surface area contributed by atoms with Crippen LogP contribution in [-0.2, 0) is 0 Å². The molecule has 0 radical (unpaired) electrons. The summed E-state index contributed by atoms with van der Waals surface area (Å²) in [5.74, 6) is -0.0588. The van der Waals surface area contributed by atoms with Crippen LogP contribution in [0.25, 0.3) is 0 Å².